The van der Waals surface area contributed by atoms with Crippen LogP contribution in [0.3, 0.4) is 0 Å². The summed E-state index contributed by atoms with van der Waals surface area (Å²) in [5.74, 6) is 0.554. The molecule has 1 atom stereocenters. The van der Waals surface area contributed by atoms with Crippen LogP contribution in [0.4, 0.5) is 5.69 Å². The molecule has 1 fully saturated rings. The van der Waals surface area contributed by atoms with Crippen LogP contribution in [-0.2, 0) is 4.79 Å². The zero-order valence-corrected chi connectivity index (χ0v) is 11.1. The Bertz CT molecular complexity index is 675. The SMILES string of the molecule is [N-]=[N+]=NCC1CC(=O)N(c2ccc(-c3nnco3)cc2)C1. The van der Waals surface area contributed by atoms with Crippen LogP contribution in [0.15, 0.2) is 40.2 Å². The van der Waals surface area contributed by atoms with Crippen LogP contribution in [-0.4, -0.2) is 29.2 Å². The lowest BCUT2D eigenvalue weighted by Gasteiger charge is -2.16. The van der Waals surface area contributed by atoms with E-state index in [9.17, 15) is 4.79 Å². The van der Waals surface area contributed by atoms with Crippen molar-refractivity contribution in [3.8, 4) is 11.5 Å². The van der Waals surface area contributed by atoms with Gasteiger partial charge in [-0.15, -0.1) is 10.2 Å². The van der Waals surface area contributed by atoms with E-state index < -0.39 is 0 Å². The van der Waals surface area contributed by atoms with Crippen LogP contribution in [0.5, 0.6) is 0 Å². The molecule has 1 saturated heterocycles. The molecule has 2 aromatic rings. The molecule has 3 rings (SSSR count). The van der Waals surface area contributed by atoms with Gasteiger partial charge in [-0.3, -0.25) is 4.79 Å². The smallest absolute Gasteiger partial charge is 0.247 e. The summed E-state index contributed by atoms with van der Waals surface area (Å²) in [6.45, 7) is 0.913. The number of nitrogens with zero attached hydrogens (tertiary/aromatic N) is 6. The predicted octanol–water partition coefficient (Wildman–Crippen LogP) is 2.40. The molecule has 0 aliphatic carbocycles. The fraction of sp³-hybridized carbons (Fsp3) is 0.308. The Morgan fingerprint density at radius 3 is 2.90 bits per heavy atom. The summed E-state index contributed by atoms with van der Waals surface area (Å²) in [6.07, 6.45) is 1.68. The lowest BCUT2D eigenvalue weighted by Crippen LogP contribution is -2.24. The number of carbonyl (C=O) groups is 1. The fourth-order valence-electron chi connectivity index (χ4n) is 2.39. The van der Waals surface area contributed by atoms with Gasteiger partial charge in [-0.2, -0.15) is 0 Å². The monoisotopic (exact) mass is 284 g/mol. The van der Waals surface area contributed by atoms with Gasteiger partial charge >= 0.3 is 0 Å². The van der Waals surface area contributed by atoms with E-state index in [4.69, 9.17) is 9.95 Å². The van der Waals surface area contributed by atoms with Gasteiger partial charge in [0.25, 0.3) is 0 Å². The van der Waals surface area contributed by atoms with E-state index >= 15 is 0 Å². The lowest BCUT2D eigenvalue weighted by molar-refractivity contribution is -0.117. The molecule has 1 aliphatic heterocycles. The number of aromatic nitrogens is 2. The van der Waals surface area contributed by atoms with Gasteiger partial charge in [0, 0.05) is 35.7 Å². The van der Waals surface area contributed by atoms with Crippen LogP contribution in [0.2, 0.25) is 0 Å². The number of carbonyl (C=O) groups excluding carboxylic acids is 1. The third-order valence-corrected chi connectivity index (χ3v) is 3.39. The third-order valence-electron chi connectivity index (χ3n) is 3.39. The predicted molar refractivity (Wildman–Crippen MR) is 74.2 cm³/mol. The first kappa shape index (κ1) is 13.1. The molecule has 1 amide bonds. The number of rotatable bonds is 4. The minimum atomic E-state index is 0.0404. The largest absolute Gasteiger partial charge is 0.423 e. The summed E-state index contributed by atoms with van der Waals surface area (Å²) >= 11 is 0. The first-order valence-electron chi connectivity index (χ1n) is 6.46. The Kier molecular flexibility index (Phi) is 3.53. The molecule has 0 bridgehead atoms. The Balaban J connectivity index is 1.75. The fourth-order valence-corrected chi connectivity index (χ4v) is 2.39. The molecule has 106 valence electrons. The Hall–Kier alpha value is -2.86. The van der Waals surface area contributed by atoms with E-state index in [2.05, 4.69) is 20.2 Å². The zero-order chi connectivity index (χ0) is 14.7. The van der Waals surface area contributed by atoms with Crippen molar-refractivity contribution in [2.75, 3.05) is 18.0 Å². The molecule has 0 N–H and O–H groups in total. The summed E-state index contributed by atoms with van der Waals surface area (Å²) in [5.41, 5.74) is 9.95. The molecule has 8 nitrogen and oxygen atoms in total. The highest BCUT2D eigenvalue weighted by molar-refractivity contribution is 5.95. The summed E-state index contributed by atoms with van der Waals surface area (Å²) in [5, 5.41) is 11.0. The van der Waals surface area contributed by atoms with Gasteiger partial charge < -0.3 is 9.32 Å². The second kappa shape index (κ2) is 5.64. The number of hydrogen-bond donors (Lipinski definition) is 0. The minimum Gasteiger partial charge on any atom is -0.423 e. The van der Waals surface area contributed by atoms with Crippen molar-refractivity contribution in [2.24, 2.45) is 11.0 Å². The second-order valence-electron chi connectivity index (χ2n) is 4.78. The normalized spacial score (nSPS) is 17.8. The highest BCUT2D eigenvalue weighted by atomic mass is 16.4. The van der Waals surface area contributed by atoms with Gasteiger partial charge in [0.15, 0.2) is 0 Å². The van der Waals surface area contributed by atoms with E-state index in [0.717, 1.165) is 11.3 Å². The quantitative estimate of drug-likeness (QED) is 0.487. The van der Waals surface area contributed by atoms with E-state index in [1.54, 1.807) is 4.90 Å². The molecule has 8 heteroatoms. The van der Waals surface area contributed by atoms with Crippen molar-refractivity contribution in [3.05, 3.63) is 41.1 Å². The second-order valence-corrected chi connectivity index (χ2v) is 4.78. The highest BCUT2D eigenvalue weighted by Crippen LogP contribution is 2.27. The van der Waals surface area contributed by atoms with E-state index in [0.29, 0.717) is 25.4 Å². The van der Waals surface area contributed by atoms with Gasteiger partial charge in [-0.1, -0.05) is 5.11 Å². The highest BCUT2D eigenvalue weighted by Gasteiger charge is 2.30. The maximum absolute atomic E-state index is 12.0. The topological polar surface area (TPSA) is 108 Å². The van der Waals surface area contributed by atoms with Gasteiger partial charge in [-0.05, 0) is 35.7 Å². The summed E-state index contributed by atoms with van der Waals surface area (Å²) in [7, 11) is 0. The average molecular weight is 284 g/mol. The van der Waals surface area contributed by atoms with E-state index in [-0.39, 0.29) is 11.8 Å². The molecule has 1 aromatic heterocycles. The average Bonchev–Trinajstić information content (AvgIpc) is 3.15. The van der Waals surface area contributed by atoms with Crippen LogP contribution in [0.25, 0.3) is 21.9 Å². The van der Waals surface area contributed by atoms with Crippen LogP contribution in [0.1, 0.15) is 6.42 Å². The molecule has 2 heterocycles. The van der Waals surface area contributed by atoms with Gasteiger partial charge in [0.1, 0.15) is 0 Å². The maximum Gasteiger partial charge on any atom is 0.247 e. The molecule has 0 saturated carbocycles. The van der Waals surface area contributed by atoms with Crippen molar-refractivity contribution < 1.29 is 9.21 Å². The molecule has 1 aromatic carbocycles. The van der Waals surface area contributed by atoms with Crippen molar-refractivity contribution in [1.29, 1.82) is 0 Å². The Labute approximate surface area is 120 Å². The summed E-state index contributed by atoms with van der Waals surface area (Å²) < 4.78 is 5.12. The molecule has 1 aliphatic rings. The van der Waals surface area contributed by atoms with Crippen molar-refractivity contribution >= 4 is 11.6 Å². The molecule has 1 unspecified atom stereocenters. The lowest BCUT2D eigenvalue weighted by atomic mass is 10.1. The van der Waals surface area contributed by atoms with Gasteiger partial charge in [0.05, 0.1) is 0 Å². The van der Waals surface area contributed by atoms with Crippen LogP contribution >= 0.6 is 0 Å². The molecular formula is C13H12N6O2. The van der Waals surface area contributed by atoms with E-state index in [1.165, 1.54) is 6.39 Å². The van der Waals surface area contributed by atoms with Crippen molar-refractivity contribution in [1.82, 2.24) is 10.2 Å². The Morgan fingerprint density at radius 1 is 1.43 bits per heavy atom. The van der Waals surface area contributed by atoms with E-state index in [1.807, 2.05) is 24.3 Å². The number of hydrogen-bond acceptors (Lipinski definition) is 5. The Morgan fingerprint density at radius 2 is 2.24 bits per heavy atom. The molecular weight excluding hydrogens is 272 g/mol. The number of azide groups is 1. The summed E-state index contributed by atoms with van der Waals surface area (Å²) in [4.78, 5) is 16.4. The number of amides is 1. The minimum absolute atomic E-state index is 0.0404. The maximum atomic E-state index is 12.0. The van der Waals surface area contributed by atoms with Gasteiger partial charge in [-0.25, -0.2) is 0 Å². The molecule has 0 spiro atoms. The zero-order valence-electron chi connectivity index (χ0n) is 11.1. The molecule has 0 radical (unpaired) electrons. The number of benzene rings is 1. The molecule has 21 heavy (non-hydrogen) atoms. The van der Waals surface area contributed by atoms with Crippen LogP contribution in [0, 0.1) is 5.92 Å². The van der Waals surface area contributed by atoms with Crippen LogP contribution < -0.4 is 4.90 Å². The van der Waals surface area contributed by atoms with Gasteiger partial charge in [0.2, 0.25) is 18.2 Å². The number of anilines is 1. The van der Waals surface area contributed by atoms with Crippen molar-refractivity contribution in [2.45, 2.75) is 6.42 Å². The third kappa shape index (κ3) is 2.70. The first-order valence-corrected chi connectivity index (χ1v) is 6.46. The standard InChI is InChI=1S/C13H12N6O2/c14-18-15-6-9-5-12(20)19(7-9)11-3-1-10(2-4-11)13-17-16-8-21-13/h1-4,8-9H,5-7H2. The summed E-state index contributed by atoms with van der Waals surface area (Å²) in [6, 6.07) is 7.34. The van der Waals surface area contributed by atoms with Crippen molar-refractivity contribution in [3.63, 3.8) is 0 Å². The first-order chi connectivity index (χ1) is 10.3.